The molecule has 0 aliphatic carbocycles. The quantitative estimate of drug-likeness (QED) is 0.799. The first kappa shape index (κ1) is 15.1. The fraction of sp³-hybridized carbons (Fsp3) is 0.400. The molecule has 3 nitrogen and oxygen atoms in total. The molecule has 7 heteroatoms. The monoisotopic (exact) mass is 315 g/mol. The van der Waals surface area contributed by atoms with E-state index in [0.717, 1.165) is 0 Å². The molecule has 0 bridgehead atoms. The van der Waals surface area contributed by atoms with E-state index in [-0.39, 0.29) is 15.8 Å². The molecule has 1 aromatic rings. The van der Waals surface area contributed by atoms with Crippen LogP contribution in [0.3, 0.4) is 0 Å². The highest BCUT2D eigenvalue weighted by atomic mass is 35.5. The van der Waals surface area contributed by atoms with Gasteiger partial charge in [-0.2, -0.15) is 0 Å². The van der Waals surface area contributed by atoms with Gasteiger partial charge in [-0.15, -0.1) is 11.6 Å². The summed E-state index contributed by atoms with van der Waals surface area (Å²) in [6, 6.07) is 2.82. The van der Waals surface area contributed by atoms with Gasteiger partial charge in [-0.05, 0) is 17.7 Å². The minimum Gasteiger partial charge on any atom is -0.207 e. The molecule has 0 saturated carbocycles. The second kappa shape index (κ2) is 5.76. The highest BCUT2D eigenvalue weighted by Gasteiger charge is 2.23. The Morgan fingerprint density at radius 2 is 1.82 bits per heavy atom. The van der Waals surface area contributed by atoms with Crippen molar-refractivity contribution in [3.05, 3.63) is 27.7 Å². The van der Waals surface area contributed by atoms with Gasteiger partial charge in [0.15, 0.2) is 0 Å². The van der Waals surface area contributed by atoms with E-state index in [4.69, 9.17) is 34.8 Å². The molecule has 0 spiro atoms. The second-order valence-electron chi connectivity index (χ2n) is 3.43. The summed E-state index contributed by atoms with van der Waals surface area (Å²) in [6.45, 7) is 2.10. The molecule has 1 aromatic carbocycles. The zero-order chi connectivity index (χ0) is 13.2. The summed E-state index contributed by atoms with van der Waals surface area (Å²) in [4.78, 5) is 0.0311. The third kappa shape index (κ3) is 3.06. The van der Waals surface area contributed by atoms with Gasteiger partial charge in [0.1, 0.15) is 4.90 Å². The number of benzene rings is 1. The van der Waals surface area contributed by atoms with Gasteiger partial charge in [-0.1, -0.05) is 30.1 Å². The van der Waals surface area contributed by atoms with Crippen LogP contribution in [0, 0.1) is 0 Å². The largest absolute Gasteiger partial charge is 0.244 e. The number of alkyl halides is 1. The van der Waals surface area contributed by atoms with Crippen molar-refractivity contribution in [3.8, 4) is 0 Å². The molecule has 0 N–H and O–H groups in total. The van der Waals surface area contributed by atoms with E-state index < -0.39 is 10.0 Å². The van der Waals surface area contributed by atoms with Crippen LogP contribution in [0.2, 0.25) is 10.0 Å². The van der Waals surface area contributed by atoms with Crippen LogP contribution < -0.4 is 0 Å². The topological polar surface area (TPSA) is 37.4 Å². The first-order valence-corrected chi connectivity index (χ1v) is 7.57. The van der Waals surface area contributed by atoms with Gasteiger partial charge >= 0.3 is 0 Å². The summed E-state index contributed by atoms with van der Waals surface area (Å²) in [6.07, 6.45) is 0. The van der Waals surface area contributed by atoms with E-state index in [2.05, 4.69) is 0 Å². The molecular weight excluding hydrogens is 305 g/mol. The normalized spacial score (nSPS) is 12.1. The molecule has 0 aliphatic heterocycles. The Labute approximate surface area is 116 Å². The van der Waals surface area contributed by atoms with Crippen LogP contribution in [0.5, 0.6) is 0 Å². The average Bonchev–Trinajstić information content (AvgIpc) is 2.27. The first-order chi connectivity index (χ1) is 7.84. The Morgan fingerprint density at radius 1 is 1.24 bits per heavy atom. The number of sulfonamides is 1. The van der Waals surface area contributed by atoms with Crippen LogP contribution >= 0.6 is 34.8 Å². The van der Waals surface area contributed by atoms with E-state index >= 15 is 0 Å². The highest BCUT2D eigenvalue weighted by Crippen LogP contribution is 2.30. The number of hydrogen-bond donors (Lipinski definition) is 0. The van der Waals surface area contributed by atoms with Crippen molar-refractivity contribution in [3.63, 3.8) is 0 Å². The SMILES string of the molecule is CCN(C)S(=O)(=O)c1cc(CCl)c(Cl)cc1Cl. The van der Waals surface area contributed by atoms with Crippen LogP contribution in [0.1, 0.15) is 12.5 Å². The molecule has 0 heterocycles. The third-order valence-electron chi connectivity index (χ3n) is 2.38. The summed E-state index contributed by atoms with van der Waals surface area (Å²) in [7, 11) is -2.10. The smallest absolute Gasteiger partial charge is 0.207 e. The molecule has 0 fully saturated rings. The summed E-state index contributed by atoms with van der Waals surface area (Å²) < 4.78 is 25.4. The lowest BCUT2D eigenvalue weighted by atomic mass is 10.2. The minimum absolute atomic E-state index is 0.0311. The molecule has 0 unspecified atom stereocenters. The second-order valence-corrected chi connectivity index (χ2v) is 6.52. The van der Waals surface area contributed by atoms with Gasteiger partial charge in [0.2, 0.25) is 10.0 Å². The maximum absolute atomic E-state index is 12.1. The van der Waals surface area contributed by atoms with Crippen LogP contribution in [0.15, 0.2) is 17.0 Å². The zero-order valence-corrected chi connectivity index (χ0v) is 12.5. The molecule has 0 radical (unpaired) electrons. The van der Waals surface area contributed by atoms with Gasteiger partial charge in [-0.3, -0.25) is 0 Å². The van der Waals surface area contributed by atoms with Gasteiger partial charge < -0.3 is 0 Å². The fourth-order valence-electron chi connectivity index (χ4n) is 1.21. The maximum atomic E-state index is 12.1. The van der Waals surface area contributed by atoms with Crippen molar-refractivity contribution in [1.82, 2.24) is 4.31 Å². The van der Waals surface area contributed by atoms with Gasteiger partial charge in [-0.25, -0.2) is 12.7 Å². The van der Waals surface area contributed by atoms with E-state index in [0.29, 0.717) is 17.1 Å². The average molecular weight is 317 g/mol. The predicted molar refractivity (Wildman–Crippen MR) is 71.5 cm³/mol. The number of hydrogen-bond acceptors (Lipinski definition) is 2. The van der Waals surface area contributed by atoms with Crippen LogP contribution in [-0.4, -0.2) is 26.3 Å². The van der Waals surface area contributed by atoms with E-state index in [9.17, 15) is 8.42 Å². The Kier molecular flexibility index (Phi) is 5.10. The van der Waals surface area contributed by atoms with E-state index in [1.807, 2.05) is 0 Å². The summed E-state index contributed by atoms with van der Waals surface area (Å²) >= 11 is 17.5. The number of halogens is 3. The summed E-state index contributed by atoms with van der Waals surface area (Å²) in [5, 5.41) is 0.465. The molecular formula is C10H12Cl3NO2S. The molecule has 1 rings (SSSR count). The van der Waals surface area contributed by atoms with E-state index in [1.165, 1.54) is 23.5 Å². The Morgan fingerprint density at radius 3 is 2.29 bits per heavy atom. The van der Waals surface area contributed by atoms with Crippen molar-refractivity contribution in [1.29, 1.82) is 0 Å². The van der Waals surface area contributed by atoms with Gasteiger partial charge in [0.25, 0.3) is 0 Å². The maximum Gasteiger partial charge on any atom is 0.244 e. The van der Waals surface area contributed by atoms with Crippen LogP contribution in [0.4, 0.5) is 0 Å². The first-order valence-electron chi connectivity index (χ1n) is 4.84. The van der Waals surface area contributed by atoms with Crippen LogP contribution in [0.25, 0.3) is 0 Å². The van der Waals surface area contributed by atoms with Crippen molar-refractivity contribution >= 4 is 44.8 Å². The Hall–Kier alpha value is -0.000000000000000111. The standard InChI is InChI=1S/C10H12Cl3NO2S/c1-3-14(2)17(15,16)10-4-7(6-11)8(12)5-9(10)13/h4-5H,3,6H2,1-2H3. The number of nitrogens with zero attached hydrogens (tertiary/aromatic N) is 1. The van der Waals surface area contributed by atoms with E-state index in [1.54, 1.807) is 6.92 Å². The molecule has 17 heavy (non-hydrogen) atoms. The molecule has 0 aliphatic rings. The Bertz CT molecular complexity index is 517. The van der Waals surface area contributed by atoms with Gasteiger partial charge in [0, 0.05) is 24.5 Å². The molecule has 0 amide bonds. The summed E-state index contributed by atoms with van der Waals surface area (Å²) in [5.41, 5.74) is 0.542. The minimum atomic E-state index is -3.58. The van der Waals surface area contributed by atoms with Crippen molar-refractivity contribution < 1.29 is 8.42 Å². The lowest BCUT2D eigenvalue weighted by Crippen LogP contribution is -2.26. The molecule has 0 atom stereocenters. The highest BCUT2D eigenvalue weighted by molar-refractivity contribution is 7.89. The Balaban J connectivity index is 3.42. The van der Waals surface area contributed by atoms with Crippen LogP contribution in [-0.2, 0) is 15.9 Å². The lowest BCUT2D eigenvalue weighted by molar-refractivity contribution is 0.486. The number of rotatable bonds is 4. The molecule has 0 saturated heterocycles. The summed E-state index contributed by atoms with van der Waals surface area (Å²) in [5.74, 6) is 0.133. The predicted octanol–water partition coefficient (Wildman–Crippen LogP) is 3.37. The molecule has 0 aromatic heterocycles. The molecule has 96 valence electrons. The zero-order valence-electron chi connectivity index (χ0n) is 9.37. The third-order valence-corrected chi connectivity index (χ3v) is 5.42. The van der Waals surface area contributed by atoms with Gasteiger partial charge in [0.05, 0.1) is 5.02 Å². The van der Waals surface area contributed by atoms with Crippen molar-refractivity contribution in [2.45, 2.75) is 17.7 Å². The lowest BCUT2D eigenvalue weighted by Gasteiger charge is -2.16. The fourth-order valence-corrected chi connectivity index (χ4v) is 3.51. The van der Waals surface area contributed by atoms with Crippen molar-refractivity contribution in [2.24, 2.45) is 0 Å². The van der Waals surface area contributed by atoms with Crippen molar-refractivity contribution in [2.75, 3.05) is 13.6 Å².